The summed E-state index contributed by atoms with van der Waals surface area (Å²) < 4.78 is 0. The minimum Gasteiger partial charge on any atom is -0.363 e. The molecule has 88 valence electrons. The highest BCUT2D eigenvalue weighted by molar-refractivity contribution is 7.80. The second-order valence-corrected chi connectivity index (χ2v) is 3.98. The van der Waals surface area contributed by atoms with Crippen LogP contribution in [0.5, 0.6) is 0 Å². The molecule has 0 bridgehead atoms. The molecule has 0 aliphatic heterocycles. The lowest BCUT2D eigenvalue weighted by molar-refractivity contribution is -0.128. The fourth-order valence-electron chi connectivity index (χ4n) is 0.948. The summed E-state index contributed by atoms with van der Waals surface area (Å²) in [6.07, 6.45) is 2.73. The van der Waals surface area contributed by atoms with Crippen LogP contribution in [0.25, 0.3) is 0 Å². The molecule has 5 heteroatoms. The number of nitrogens with zero attached hydrogens (tertiary/aromatic N) is 1. The molecule has 0 radical (unpaired) electrons. The van der Waals surface area contributed by atoms with Gasteiger partial charge in [0.2, 0.25) is 5.91 Å². The van der Waals surface area contributed by atoms with E-state index in [4.69, 9.17) is 12.2 Å². The zero-order valence-corrected chi connectivity index (χ0v) is 10.6. The summed E-state index contributed by atoms with van der Waals surface area (Å²) in [6.45, 7) is 3.62. The van der Waals surface area contributed by atoms with Gasteiger partial charge in [0.25, 0.3) is 0 Å². The lowest BCUT2D eigenvalue weighted by atomic mass is 10.3. The molecule has 0 heterocycles. The summed E-state index contributed by atoms with van der Waals surface area (Å²) >= 11 is 5.04. The van der Waals surface area contributed by atoms with Gasteiger partial charge in [-0.25, -0.2) is 0 Å². The summed E-state index contributed by atoms with van der Waals surface area (Å²) in [6, 6.07) is 0. The molecule has 0 aliphatic rings. The molecule has 0 atom stereocenters. The van der Waals surface area contributed by atoms with Crippen LogP contribution in [0.4, 0.5) is 0 Å². The predicted molar refractivity (Wildman–Crippen MR) is 66.8 cm³/mol. The van der Waals surface area contributed by atoms with E-state index in [1.54, 1.807) is 19.0 Å². The molecule has 0 aliphatic carbocycles. The van der Waals surface area contributed by atoms with Crippen molar-refractivity contribution >= 4 is 23.2 Å². The first kappa shape index (κ1) is 14.2. The van der Waals surface area contributed by atoms with Crippen molar-refractivity contribution in [1.29, 1.82) is 0 Å². The van der Waals surface area contributed by atoms with Gasteiger partial charge in [-0.1, -0.05) is 13.3 Å². The van der Waals surface area contributed by atoms with Crippen LogP contribution in [0, 0.1) is 0 Å². The molecule has 0 aromatic carbocycles. The highest BCUT2D eigenvalue weighted by atomic mass is 32.1. The molecule has 4 nitrogen and oxygen atoms in total. The Labute approximate surface area is 97.4 Å². The molecule has 0 unspecified atom stereocenters. The van der Waals surface area contributed by atoms with Crippen molar-refractivity contribution < 1.29 is 4.79 Å². The Balaban J connectivity index is 3.42. The molecular weight excluding hydrogens is 210 g/mol. The highest BCUT2D eigenvalue weighted by Gasteiger charge is 2.03. The van der Waals surface area contributed by atoms with E-state index >= 15 is 0 Å². The molecule has 15 heavy (non-hydrogen) atoms. The Morgan fingerprint density at radius 3 is 2.40 bits per heavy atom. The first-order valence-electron chi connectivity index (χ1n) is 5.29. The van der Waals surface area contributed by atoms with Gasteiger partial charge in [-0.2, -0.15) is 0 Å². The van der Waals surface area contributed by atoms with Crippen LogP contribution in [-0.4, -0.2) is 43.1 Å². The van der Waals surface area contributed by atoms with E-state index in [9.17, 15) is 4.79 Å². The van der Waals surface area contributed by atoms with Crippen LogP contribution in [0.1, 0.15) is 26.2 Å². The van der Waals surface area contributed by atoms with Gasteiger partial charge in [0.1, 0.15) is 0 Å². The standard InChI is InChI=1S/C10H21N3OS/c1-4-5-7-11-10(15)12-8-6-9(14)13(2)3/h4-8H2,1-3H3,(H2,11,12,15). The summed E-state index contributed by atoms with van der Waals surface area (Å²) in [5.41, 5.74) is 0. The Kier molecular flexibility index (Phi) is 7.99. The number of amides is 1. The average Bonchev–Trinajstić information content (AvgIpc) is 2.18. The number of carbonyl (C=O) groups is 1. The van der Waals surface area contributed by atoms with Crippen molar-refractivity contribution in [1.82, 2.24) is 15.5 Å². The predicted octanol–water partition coefficient (Wildman–Crippen LogP) is 0.729. The van der Waals surface area contributed by atoms with Crippen LogP contribution in [0.2, 0.25) is 0 Å². The van der Waals surface area contributed by atoms with Crippen molar-refractivity contribution in [2.24, 2.45) is 0 Å². The van der Waals surface area contributed by atoms with E-state index in [0.717, 1.165) is 19.4 Å². The fourth-order valence-corrected chi connectivity index (χ4v) is 1.15. The van der Waals surface area contributed by atoms with E-state index in [2.05, 4.69) is 17.6 Å². The lowest BCUT2D eigenvalue weighted by Gasteiger charge is -2.12. The maximum absolute atomic E-state index is 11.2. The Hall–Kier alpha value is -0.840. The highest BCUT2D eigenvalue weighted by Crippen LogP contribution is 1.85. The van der Waals surface area contributed by atoms with Crippen molar-refractivity contribution in [2.75, 3.05) is 27.2 Å². The van der Waals surface area contributed by atoms with Crippen LogP contribution in [0.15, 0.2) is 0 Å². The van der Waals surface area contributed by atoms with Crippen molar-refractivity contribution in [3.63, 3.8) is 0 Å². The maximum Gasteiger partial charge on any atom is 0.223 e. The van der Waals surface area contributed by atoms with Crippen molar-refractivity contribution in [2.45, 2.75) is 26.2 Å². The number of hydrogen-bond donors (Lipinski definition) is 2. The zero-order chi connectivity index (χ0) is 11.7. The number of thiocarbonyl (C=S) groups is 1. The first-order chi connectivity index (χ1) is 7.07. The van der Waals surface area contributed by atoms with Gasteiger partial charge in [-0.05, 0) is 18.6 Å². The van der Waals surface area contributed by atoms with Gasteiger partial charge >= 0.3 is 0 Å². The average molecular weight is 231 g/mol. The fraction of sp³-hybridized carbons (Fsp3) is 0.800. The molecule has 0 rings (SSSR count). The first-order valence-corrected chi connectivity index (χ1v) is 5.70. The largest absolute Gasteiger partial charge is 0.363 e. The molecule has 0 aromatic rings. The third kappa shape index (κ3) is 8.17. The van der Waals surface area contributed by atoms with Crippen LogP contribution >= 0.6 is 12.2 Å². The minimum atomic E-state index is 0.110. The van der Waals surface area contributed by atoms with Crippen LogP contribution in [0.3, 0.4) is 0 Å². The summed E-state index contributed by atoms with van der Waals surface area (Å²) in [7, 11) is 3.50. The number of hydrogen-bond acceptors (Lipinski definition) is 2. The second kappa shape index (κ2) is 8.47. The van der Waals surface area contributed by atoms with Crippen LogP contribution < -0.4 is 10.6 Å². The van der Waals surface area contributed by atoms with Gasteiger partial charge in [0.15, 0.2) is 5.11 Å². The second-order valence-electron chi connectivity index (χ2n) is 3.57. The number of nitrogens with one attached hydrogen (secondary N) is 2. The molecule has 0 saturated carbocycles. The van der Waals surface area contributed by atoms with E-state index in [-0.39, 0.29) is 5.91 Å². The van der Waals surface area contributed by atoms with E-state index in [1.807, 2.05) is 0 Å². The van der Waals surface area contributed by atoms with Gasteiger partial charge in [0, 0.05) is 33.6 Å². The molecule has 0 aromatic heterocycles. The maximum atomic E-state index is 11.2. The normalized spacial score (nSPS) is 9.53. The monoisotopic (exact) mass is 231 g/mol. The smallest absolute Gasteiger partial charge is 0.223 e. The third-order valence-corrected chi connectivity index (χ3v) is 2.23. The third-order valence-electron chi connectivity index (χ3n) is 1.94. The van der Waals surface area contributed by atoms with E-state index < -0.39 is 0 Å². The van der Waals surface area contributed by atoms with Gasteiger partial charge in [0.05, 0.1) is 0 Å². The Morgan fingerprint density at radius 2 is 1.87 bits per heavy atom. The molecule has 0 fully saturated rings. The molecule has 0 spiro atoms. The summed E-state index contributed by atoms with van der Waals surface area (Å²) in [5.74, 6) is 0.110. The van der Waals surface area contributed by atoms with E-state index in [1.165, 1.54) is 0 Å². The van der Waals surface area contributed by atoms with Gasteiger partial charge < -0.3 is 15.5 Å². The Morgan fingerprint density at radius 1 is 1.27 bits per heavy atom. The van der Waals surface area contributed by atoms with E-state index in [0.29, 0.717) is 18.1 Å². The van der Waals surface area contributed by atoms with Crippen molar-refractivity contribution in [3.05, 3.63) is 0 Å². The molecule has 1 amide bonds. The topological polar surface area (TPSA) is 44.4 Å². The number of unbranched alkanes of at least 4 members (excludes halogenated alkanes) is 1. The van der Waals surface area contributed by atoms with Gasteiger partial charge in [-0.15, -0.1) is 0 Å². The SMILES string of the molecule is CCCCNC(=S)NCCC(=O)N(C)C. The Bertz CT molecular complexity index is 207. The molecule has 0 saturated heterocycles. The number of carbonyl (C=O) groups excluding carboxylic acids is 1. The molecular formula is C10H21N3OS. The summed E-state index contributed by atoms with van der Waals surface area (Å²) in [5, 5.41) is 6.72. The van der Waals surface area contributed by atoms with Crippen LogP contribution in [-0.2, 0) is 4.79 Å². The summed E-state index contributed by atoms with van der Waals surface area (Å²) in [4.78, 5) is 12.8. The number of rotatable bonds is 6. The van der Waals surface area contributed by atoms with Gasteiger partial charge in [-0.3, -0.25) is 4.79 Å². The minimum absolute atomic E-state index is 0.110. The quantitative estimate of drug-likeness (QED) is 0.522. The molecule has 2 N–H and O–H groups in total. The lowest BCUT2D eigenvalue weighted by Crippen LogP contribution is -2.37. The van der Waals surface area contributed by atoms with Crippen molar-refractivity contribution in [3.8, 4) is 0 Å². The zero-order valence-electron chi connectivity index (χ0n) is 9.80.